The molecule has 29 heavy (non-hydrogen) atoms. The SMILES string of the molecule is CC(C)C(NC(=O)C(CS)NC(=O)C(N)CC(=O)O)C(=O)NC(C(=O)O)C(C)O. The number of nitrogens with one attached hydrogen (secondary N) is 3. The number of rotatable bonds is 12. The van der Waals surface area contributed by atoms with E-state index in [1.807, 2.05) is 0 Å². The summed E-state index contributed by atoms with van der Waals surface area (Å²) in [6.45, 7) is 4.38. The second kappa shape index (κ2) is 12.2. The third-order valence-electron chi connectivity index (χ3n) is 3.84. The predicted molar refractivity (Wildman–Crippen MR) is 104 cm³/mol. The van der Waals surface area contributed by atoms with Gasteiger partial charge in [-0.1, -0.05) is 13.8 Å². The minimum atomic E-state index is -1.57. The summed E-state index contributed by atoms with van der Waals surface area (Å²) in [6.07, 6.45) is -2.01. The quantitative estimate of drug-likeness (QED) is 0.149. The lowest BCUT2D eigenvalue weighted by atomic mass is 10.0. The number of carbonyl (C=O) groups excluding carboxylic acids is 3. The molecule has 0 aliphatic carbocycles. The lowest BCUT2D eigenvalue weighted by Gasteiger charge is -2.27. The molecule has 0 aromatic rings. The van der Waals surface area contributed by atoms with Gasteiger partial charge in [-0.25, -0.2) is 4.79 Å². The highest BCUT2D eigenvalue weighted by Gasteiger charge is 2.33. The van der Waals surface area contributed by atoms with Gasteiger partial charge in [0.2, 0.25) is 17.7 Å². The summed E-state index contributed by atoms with van der Waals surface area (Å²) in [6, 6.07) is -5.34. The number of carboxylic acids is 2. The van der Waals surface area contributed by atoms with Crippen LogP contribution in [0.3, 0.4) is 0 Å². The fraction of sp³-hybridized carbons (Fsp3) is 0.688. The smallest absolute Gasteiger partial charge is 0.328 e. The van der Waals surface area contributed by atoms with Crippen LogP contribution in [0, 0.1) is 5.92 Å². The maximum Gasteiger partial charge on any atom is 0.328 e. The van der Waals surface area contributed by atoms with Crippen molar-refractivity contribution in [1.29, 1.82) is 0 Å². The summed E-state index contributed by atoms with van der Waals surface area (Å²) in [5, 5.41) is 34.0. The first-order valence-corrected chi connectivity index (χ1v) is 9.35. The molecule has 0 aliphatic heterocycles. The zero-order chi connectivity index (χ0) is 22.9. The van der Waals surface area contributed by atoms with Gasteiger partial charge in [0.15, 0.2) is 6.04 Å². The first kappa shape index (κ1) is 26.6. The van der Waals surface area contributed by atoms with Crippen LogP contribution in [0.2, 0.25) is 0 Å². The number of carbonyl (C=O) groups is 5. The first-order valence-electron chi connectivity index (χ1n) is 8.72. The highest BCUT2D eigenvalue weighted by Crippen LogP contribution is 2.05. The van der Waals surface area contributed by atoms with E-state index in [0.29, 0.717) is 0 Å². The molecule has 0 spiro atoms. The molecule has 13 heteroatoms. The topological polar surface area (TPSA) is 208 Å². The number of nitrogens with two attached hydrogens (primary N) is 1. The van der Waals surface area contributed by atoms with Crippen LogP contribution in [-0.2, 0) is 24.0 Å². The molecule has 0 rings (SSSR count). The second-order valence-corrected chi connectivity index (χ2v) is 7.11. The van der Waals surface area contributed by atoms with Gasteiger partial charge in [-0.2, -0.15) is 12.6 Å². The summed E-state index contributed by atoms with van der Waals surface area (Å²) in [5.74, 6) is -5.89. The Bertz CT molecular complexity index is 628. The van der Waals surface area contributed by atoms with Crippen molar-refractivity contribution in [3.8, 4) is 0 Å². The van der Waals surface area contributed by atoms with Crippen LogP contribution in [0.1, 0.15) is 27.2 Å². The summed E-state index contributed by atoms with van der Waals surface area (Å²) >= 11 is 3.96. The van der Waals surface area contributed by atoms with Crippen molar-refractivity contribution < 1.29 is 39.3 Å². The van der Waals surface area contributed by atoms with Gasteiger partial charge < -0.3 is 37.0 Å². The van der Waals surface area contributed by atoms with E-state index in [-0.39, 0.29) is 5.75 Å². The number of aliphatic hydroxyl groups is 1. The monoisotopic (exact) mass is 436 g/mol. The molecule has 0 saturated carbocycles. The molecule has 8 N–H and O–H groups in total. The van der Waals surface area contributed by atoms with Crippen LogP contribution >= 0.6 is 12.6 Å². The van der Waals surface area contributed by atoms with Crippen molar-refractivity contribution in [1.82, 2.24) is 16.0 Å². The van der Waals surface area contributed by atoms with Crippen LogP contribution in [0.4, 0.5) is 0 Å². The number of amides is 3. The lowest BCUT2D eigenvalue weighted by molar-refractivity contribution is -0.145. The summed E-state index contributed by atoms with van der Waals surface area (Å²) < 4.78 is 0. The maximum absolute atomic E-state index is 12.4. The minimum absolute atomic E-state index is 0.171. The maximum atomic E-state index is 12.4. The molecule has 0 bridgehead atoms. The van der Waals surface area contributed by atoms with Gasteiger partial charge in [0.05, 0.1) is 18.6 Å². The molecule has 166 valence electrons. The van der Waals surface area contributed by atoms with Crippen molar-refractivity contribution in [2.24, 2.45) is 11.7 Å². The van der Waals surface area contributed by atoms with Gasteiger partial charge in [-0.15, -0.1) is 0 Å². The zero-order valence-corrected chi connectivity index (χ0v) is 17.2. The van der Waals surface area contributed by atoms with E-state index in [9.17, 15) is 29.1 Å². The Morgan fingerprint density at radius 3 is 1.79 bits per heavy atom. The number of hydrogen-bond donors (Lipinski definition) is 8. The number of aliphatic hydroxyl groups excluding tert-OH is 1. The third kappa shape index (κ3) is 9.11. The van der Waals surface area contributed by atoms with E-state index in [4.69, 9.17) is 15.9 Å². The predicted octanol–water partition coefficient (Wildman–Crippen LogP) is -2.71. The average molecular weight is 436 g/mol. The van der Waals surface area contributed by atoms with Crippen LogP contribution < -0.4 is 21.7 Å². The lowest BCUT2D eigenvalue weighted by Crippen LogP contribution is -2.60. The minimum Gasteiger partial charge on any atom is -0.481 e. The van der Waals surface area contributed by atoms with Gasteiger partial charge in [-0.3, -0.25) is 19.2 Å². The van der Waals surface area contributed by atoms with E-state index in [1.54, 1.807) is 13.8 Å². The Hall–Kier alpha value is -2.38. The molecule has 0 aromatic carbocycles. The normalized spacial score (nSPS) is 16.1. The van der Waals surface area contributed by atoms with E-state index in [1.165, 1.54) is 6.92 Å². The average Bonchev–Trinajstić information content (AvgIpc) is 2.59. The molecule has 12 nitrogen and oxygen atoms in total. The van der Waals surface area contributed by atoms with Gasteiger partial charge in [0.25, 0.3) is 0 Å². The Morgan fingerprint density at radius 1 is 0.897 bits per heavy atom. The van der Waals surface area contributed by atoms with Crippen LogP contribution in [0.15, 0.2) is 0 Å². The second-order valence-electron chi connectivity index (χ2n) is 6.74. The van der Waals surface area contributed by atoms with E-state index in [2.05, 4.69) is 28.6 Å². The first-order chi connectivity index (χ1) is 13.3. The molecular formula is C16H28N4O8S. The number of aliphatic carboxylic acids is 2. The Morgan fingerprint density at radius 2 is 1.41 bits per heavy atom. The largest absolute Gasteiger partial charge is 0.481 e. The number of thiol groups is 1. The molecular weight excluding hydrogens is 408 g/mol. The van der Waals surface area contributed by atoms with Crippen LogP contribution in [0.25, 0.3) is 0 Å². The van der Waals surface area contributed by atoms with Crippen molar-refractivity contribution in [3.05, 3.63) is 0 Å². The fourth-order valence-electron chi connectivity index (χ4n) is 2.17. The van der Waals surface area contributed by atoms with Gasteiger partial charge in [-0.05, 0) is 12.8 Å². The molecule has 0 aliphatic rings. The van der Waals surface area contributed by atoms with E-state index < -0.39 is 72.3 Å². The number of carboxylic acid groups (broad SMARTS) is 2. The van der Waals surface area contributed by atoms with Crippen molar-refractivity contribution in [2.75, 3.05) is 5.75 Å². The van der Waals surface area contributed by atoms with Crippen LogP contribution in [0.5, 0.6) is 0 Å². The molecule has 0 heterocycles. The Balaban J connectivity index is 5.18. The van der Waals surface area contributed by atoms with Gasteiger partial charge >= 0.3 is 11.9 Å². The molecule has 5 atom stereocenters. The van der Waals surface area contributed by atoms with E-state index in [0.717, 1.165) is 0 Å². The molecule has 0 aromatic heterocycles. The van der Waals surface area contributed by atoms with Crippen molar-refractivity contribution >= 4 is 42.3 Å². The van der Waals surface area contributed by atoms with Crippen molar-refractivity contribution in [3.63, 3.8) is 0 Å². The molecule has 3 amide bonds. The Kier molecular flexibility index (Phi) is 11.2. The standard InChI is InChI=1S/C16H28N4O8S/c1-6(2)11(15(26)20-12(7(3)21)16(27)28)19-14(25)9(5-29)18-13(24)8(17)4-10(22)23/h6-9,11-12,21,29H,4-5,17H2,1-3H3,(H,18,24)(H,19,25)(H,20,26)(H,22,23)(H,27,28). The molecule has 0 saturated heterocycles. The highest BCUT2D eigenvalue weighted by molar-refractivity contribution is 7.80. The molecule has 0 radical (unpaired) electrons. The summed E-state index contributed by atoms with van der Waals surface area (Å²) in [4.78, 5) is 58.5. The highest BCUT2D eigenvalue weighted by atomic mass is 32.1. The molecule has 5 unspecified atom stereocenters. The van der Waals surface area contributed by atoms with Gasteiger partial charge in [0.1, 0.15) is 12.1 Å². The summed E-state index contributed by atoms with van der Waals surface area (Å²) in [7, 11) is 0. The summed E-state index contributed by atoms with van der Waals surface area (Å²) in [5.41, 5.74) is 5.44. The van der Waals surface area contributed by atoms with E-state index >= 15 is 0 Å². The Labute approximate surface area is 173 Å². The third-order valence-corrected chi connectivity index (χ3v) is 4.21. The van der Waals surface area contributed by atoms with Crippen LogP contribution in [-0.4, -0.2) is 81.0 Å². The fourth-order valence-corrected chi connectivity index (χ4v) is 2.43. The van der Waals surface area contributed by atoms with Gasteiger partial charge in [0, 0.05) is 5.75 Å². The number of hydrogen-bond acceptors (Lipinski definition) is 8. The van der Waals surface area contributed by atoms with Crippen molar-refractivity contribution in [2.45, 2.75) is 57.5 Å². The molecule has 0 fully saturated rings. The zero-order valence-electron chi connectivity index (χ0n) is 16.3.